The van der Waals surface area contributed by atoms with E-state index in [4.69, 9.17) is 5.73 Å². The lowest BCUT2D eigenvalue weighted by Gasteiger charge is -2.49. The maximum Gasteiger partial charge on any atom is 0.240 e. The molecule has 1 heterocycles. The smallest absolute Gasteiger partial charge is 0.240 e. The van der Waals surface area contributed by atoms with Gasteiger partial charge in [-0.15, -0.1) is 0 Å². The molecule has 0 bridgehead atoms. The molecule has 118 valence electrons. The molecule has 1 aliphatic heterocycles. The Hall–Kier alpha value is -1.11. The standard InChI is InChI=1S/C15H25N3O2S/c1-4-9-15(16)10-18(11-15)13-5-7-14(8-6-13)21(19,20)17-12(2)3/h5-8,12,17H,4,9-11,16H2,1-3H3. The van der Waals surface area contributed by atoms with E-state index in [-0.39, 0.29) is 11.6 Å². The Morgan fingerprint density at radius 3 is 2.33 bits per heavy atom. The van der Waals surface area contributed by atoms with Crippen LogP contribution in [0, 0.1) is 0 Å². The first kappa shape index (κ1) is 16.3. The number of nitrogens with zero attached hydrogens (tertiary/aromatic N) is 1. The van der Waals surface area contributed by atoms with Gasteiger partial charge in [-0.05, 0) is 44.5 Å². The molecule has 0 amide bonds. The quantitative estimate of drug-likeness (QED) is 0.838. The van der Waals surface area contributed by atoms with E-state index in [0.717, 1.165) is 31.6 Å². The highest BCUT2D eigenvalue weighted by Gasteiger charge is 2.38. The van der Waals surface area contributed by atoms with Crippen LogP contribution in [0.2, 0.25) is 0 Å². The molecule has 1 aliphatic rings. The largest absolute Gasteiger partial charge is 0.368 e. The Balaban J connectivity index is 2.04. The molecule has 3 N–H and O–H groups in total. The Morgan fingerprint density at radius 1 is 1.29 bits per heavy atom. The predicted molar refractivity (Wildman–Crippen MR) is 85.9 cm³/mol. The highest BCUT2D eigenvalue weighted by Crippen LogP contribution is 2.29. The molecule has 1 aromatic rings. The van der Waals surface area contributed by atoms with Crippen molar-refractivity contribution in [1.82, 2.24) is 4.72 Å². The molecule has 1 aromatic carbocycles. The van der Waals surface area contributed by atoms with Crippen molar-refractivity contribution in [3.8, 4) is 0 Å². The maximum atomic E-state index is 12.1. The van der Waals surface area contributed by atoms with Gasteiger partial charge in [0.05, 0.1) is 10.4 Å². The lowest BCUT2D eigenvalue weighted by molar-refractivity contribution is 0.308. The number of anilines is 1. The third-order valence-electron chi connectivity index (χ3n) is 3.66. The van der Waals surface area contributed by atoms with Crippen molar-refractivity contribution in [3.63, 3.8) is 0 Å². The number of rotatable bonds is 6. The van der Waals surface area contributed by atoms with Gasteiger partial charge in [-0.25, -0.2) is 13.1 Å². The third-order valence-corrected chi connectivity index (χ3v) is 5.34. The number of nitrogens with two attached hydrogens (primary N) is 1. The van der Waals surface area contributed by atoms with Crippen molar-refractivity contribution in [1.29, 1.82) is 0 Å². The van der Waals surface area contributed by atoms with Crippen LogP contribution in [0.5, 0.6) is 0 Å². The molecule has 0 radical (unpaired) electrons. The molecular weight excluding hydrogens is 286 g/mol. The fraction of sp³-hybridized carbons (Fsp3) is 0.600. The van der Waals surface area contributed by atoms with E-state index in [1.165, 1.54) is 0 Å². The number of sulfonamides is 1. The van der Waals surface area contributed by atoms with Crippen molar-refractivity contribution in [2.75, 3.05) is 18.0 Å². The van der Waals surface area contributed by atoms with Crippen LogP contribution in [-0.2, 0) is 10.0 Å². The second-order valence-corrected chi connectivity index (χ2v) is 7.95. The van der Waals surface area contributed by atoms with Crippen LogP contribution in [0.25, 0.3) is 0 Å². The van der Waals surface area contributed by atoms with E-state index < -0.39 is 10.0 Å². The summed E-state index contributed by atoms with van der Waals surface area (Å²) >= 11 is 0. The molecule has 0 atom stereocenters. The zero-order chi connectivity index (χ0) is 15.7. The molecule has 0 aromatic heterocycles. The zero-order valence-corrected chi connectivity index (χ0v) is 13.8. The second kappa shape index (κ2) is 5.94. The van der Waals surface area contributed by atoms with Gasteiger partial charge in [0.25, 0.3) is 0 Å². The second-order valence-electron chi connectivity index (χ2n) is 6.24. The average Bonchev–Trinajstić information content (AvgIpc) is 2.35. The molecule has 5 nitrogen and oxygen atoms in total. The van der Waals surface area contributed by atoms with Crippen LogP contribution in [0.4, 0.5) is 5.69 Å². The molecule has 0 unspecified atom stereocenters. The summed E-state index contributed by atoms with van der Waals surface area (Å²) in [4.78, 5) is 2.48. The molecular formula is C15H25N3O2S. The van der Waals surface area contributed by atoms with Gasteiger partial charge in [0.15, 0.2) is 0 Å². The molecule has 1 fully saturated rings. The molecule has 0 saturated carbocycles. The summed E-state index contributed by atoms with van der Waals surface area (Å²) in [6.45, 7) is 7.41. The van der Waals surface area contributed by atoms with Gasteiger partial charge in [0.1, 0.15) is 0 Å². The summed E-state index contributed by atoms with van der Waals surface area (Å²) in [5.74, 6) is 0. The van der Waals surface area contributed by atoms with Gasteiger partial charge >= 0.3 is 0 Å². The van der Waals surface area contributed by atoms with Crippen LogP contribution < -0.4 is 15.4 Å². The van der Waals surface area contributed by atoms with Crippen LogP contribution >= 0.6 is 0 Å². The first-order valence-electron chi connectivity index (χ1n) is 7.42. The van der Waals surface area contributed by atoms with Crippen molar-refractivity contribution in [2.24, 2.45) is 5.73 Å². The Morgan fingerprint density at radius 2 is 1.86 bits per heavy atom. The van der Waals surface area contributed by atoms with E-state index in [1.807, 2.05) is 12.1 Å². The number of hydrogen-bond donors (Lipinski definition) is 2. The van der Waals surface area contributed by atoms with Gasteiger partial charge < -0.3 is 10.6 Å². The van der Waals surface area contributed by atoms with Crippen molar-refractivity contribution in [2.45, 2.75) is 50.1 Å². The predicted octanol–water partition coefficient (Wildman–Crippen LogP) is 1.69. The summed E-state index contributed by atoms with van der Waals surface area (Å²) in [6.07, 6.45) is 2.11. The van der Waals surface area contributed by atoms with Gasteiger partial charge in [-0.1, -0.05) is 13.3 Å². The Kier molecular flexibility index (Phi) is 4.60. The fourth-order valence-corrected chi connectivity index (χ4v) is 4.02. The van der Waals surface area contributed by atoms with Gasteiger partial charge in [-0.3, -0.25) is 0 Å². The molecule has 2 rings (SSSR count). The Labute approximate surface area is 127 Å². The van der Waals surface area contributed by atoms with E-state index in [9.17, 15) is 8.42 Å². The normalized spacial score (nSPS) is 17.9. The first-order valence-corrected chi connectivity index (χ1v) is 8.90. The van der Waals surface area contributed by atoms with Crippen LogP contribution in [0.1, 0.15) is 33.6 Å². The highest BCUT2D eigenvalue weighted by atomic mass is 32.2. The van der Waals surface area contributed by atoms with Gasteiger partial charge in [-0.2, -0.15) is 0 Å². The number of nitrogens with one attached hydrogen (secondary N) is 1. The lowest BCUT2D eigenvalue weighted by Crippen LogP contribution is -2.67. The van der Waals surface area contributed by atoms with E-state index in [0.29, 0.717) is 4.90 Å². The van der Waals surface area contributed by atoms with E-state index in [2.05, 4.69) is 16.5 Å². The molecule has 21 heavy (non-hydrogen) atoms. The van der Waals surface area contributed by atoms with Crippen molar-refractivity contribution >= 4 is 15.7 Å². The number of hydrogen-bond acceptors (Lipinski definition) is 4. The minimum atomic E-state index is -3.42. The first-order chi connectivity index (χ1) is 9.76. The summed E-state index contributed by atoms with van der Waals surface area (Å²) in [5.41, 5.74) is 7.19. The van der Waals surface area contributed by atoms with Gasteiger partial charge in [0.2, 0.25) is 10.0 Å². The lowest BCUT2D eigenvalue weighted by atomic mass is 9.86. The average molecular weight is 311 g/mol. The topological polar surface area (TPSA) is 75.4 Å². The van der Waals surface area contributed by atoms with Crippen LogP contribution in [0.15, 0.2) is 29.2 Å². The van der Waals surface area contributed by atoms with Gasteiger partial charge in [0, 0.05) is 24.8 Å². The summed E-state index contributed by atoms with van der Waals surface area (Å²) in [6, 6.07) is 6.88. The summed E-state index contributed by atoms with van der Waals surface area (Å²) in [7, 11) is -3.42. The molecule has 0 aliphatic carbocycles. The summed E-state index contributed by atoms with van der Waals surface area (Å²) in [5, 5.41) is 0. The van der Waals surface area contributed by atoms with Crippen molar-refractivity contribution in [3.05, 3.63) is 24.3 Å². The zero-order valence-electron chi connectivity index (χ0n) is 13.0. The highest BCUT2D eigenvalue weighted by molar-refractivity contribution is 7.89. The SMILES string of the molecule is CCCC1(N)CN(c2ccc(S(=O)(=O)NC(C)C)cc2)C1. The van der Waals surface area contributed by atoms with Crippen molar-refractivity contribution < 1.29 is 8.42 Å². The fourth-order valence-electron chi connectivity index (χ4n) is 2.77. The summed E-state index contributed by atoms with van der Waals surface area (Å²) < 4.78 is 26.7. The maximum absolute atomic E-state index is 12.1. The monoisotopic (exact) mass is 311 g/mol. The van der Waals surface area contributed by atoms with E-state index >= 15 is 0 Å². The minimum Gasteiger partial charge on any atom is -0.368 e. The molecule has 1 saturated heterocycles. The van der Waals surface area contributed by atoms with Crippen LogP contribution in [0.3, 0.4) is 0 Å². The van der Waals surface area contributed by atoms with E-state index in [1.54, 1.807) is 26.0 Å². The minimum absolute atomic E-state index is 0.0846. The molecule has 6 heteroatoms. The molecule has 0 spiro atoms. The number of benzene rings is 1. The van der Waals surface area contributed by atoms with Crippen LogP contribution in [-0.4, -0.2) is 33.1 Å². The third kappa shape index (κ3) is 3.75. The Bertz CT molecular complexity index is 575.